The molecule has 2 fully saturated rings. The lowest BCUT2D eigenvalue weighted by molar-refractivity contribution is -0.157. The molecule has 7 heterocycles. The molecule has 0 amide bonds. The number of carbonyl (C=O) groups is 3. The molecule has 10 rings (SSSR count). The van der Waals surface area contributed by atoms with Crippen molar-refractivity contribution in [3.05, 3.63) is 62.7 Å². The van der Waals surface area contributed by atoms with Crippen LogP contribution in [0.2, 0.25) is 0 Å². The molecule has 3 aromatic rings. The van der Waals surface area contributed by atoms with Crippen LogP contribution in [0.15, 0.2) is 18.2 Å². The van der Waals surface area contributed by atoms with Gasteiger partial charge in [-0.3, -0.25) is 19.9 Å². The van der Waals surface area contributed by atoms with E-state index in [1.54, 1.807) is 40.0 Å². The Morgan fingerprint density at radius 2 is 1.72 bits per heavy atom. The Bertz CT molecular complexity index is 2530. The lowest BCUT2D eigenvalue weighted by atomic mass is 9.71. The van der Waals surface area contributed by atoms with E-state index in [-0.39, 0.29) is 42.8 Å². The number of hydrogen-bond acceptors (Lipinski definition) is 17. The summed E-state index contributed by atoms with van der Waals surface area (Å²) in [6.45, 7) is 14.6. The van der Waals surface area contributed by atoms with E-state index in [9.17, 15) is 14.9 Å². The molecule has 65 heavy (non-hydrogen) atoms. The predicted molar refractivity (Wildman–Crippen MR) is 237 cm³/mol. The van der Waals surface area contributed by atoms with E-state index in [0.29, 0.717) is 70.4 Å². The number of nitriles is 1. The Morgan fingerprint density at radius 1 is 0.969 bits per heavy atom. The normalized spacial score (nSPS) is 26.5. The number of esters is 2. The monoisotopic (exact) mass is 912 g/mol. The maximum Gasteiger partial charge on any atom is 0.514 e. The molecule has 4 bridgehead atoms. The number of nitrogens with zero attached hydrogens (tertiary/aromatic N) is 3. The zero-order chi connectivity index (χ0) is 46.4. The predicted octanol–water partition coefficient (Wildman–Crippen LogP) is 6.68. The van der Waals surface area contributed by atoms with Gasteiger partial charge in [0, 0.05) is 53.6 Å². The minimum absolute atomic E-state index is 0.0662. The summed E-state index contributed by atoms with van der Waals surface area (Å²) < 4.78 is 55.1. The molecule has 1 spiro atoms. The van der Waals surface area contributed by atoms with Crippen molar-refractivity contribution in [2.45, 2.75) is 121 Å². The number of hydrogen-bond donors (Lipinski definition) is 1. The summed E-state index contributed by atoms with van der Waals surface area (Å²) in [4.78, 5) is 45.8. The van der Waals surface area contributed by atoms with Crippen molar-refractivity contribution in [2.75, 3.05) is 47.0 Å². The van der Waals surface area contributed by atoms with Gasteiger partial charge >= 0.3 is 18.1 Å². The van der Waals surface area contributed by atoms with Gasteiger partial charge in [0.15, 0.2) is 40.0 Å². The first-order valence-electron chi connectivity index (χ1n) is 22.0. The van der Waals surface area contributed by atoms with Gasteiger partial charge < -0.3 is 42.6 Å². The smallest absolute Gasteiger partial charge is 0.493 e. The first-order chi connectivity index (χ1) is 30.9. The van der Waals surface area contributed by atoms with Crippen molar-refractivity contribution < 1.29 is 57.0 Å². The molecule has 0 radical (unpaired) electrons. The van der Waals surface area contributed by atoms with Crippen LogP contribution in [0.4, 0.5) is 4.79 Å². The van der Waals surface area contributed by atoms with E-state index >= 15 is 4.79 Å². The first kappa shape index (κ1) is 44.8. The number of nitrogens with one attached hydrogen (secondary N) is 1. The number of rotatable bonds is 6. The van der Waals surface area contributed by atoms with Crippen LogP contribution in [0.25, 0.3) is 0 Å². The molecule has 7 atom stereocenters. The quantitative estimate of drug-likeness (QED) is 0.157. The molecule has 3 aromatic carbocycles. The van der Waals surface area contributed by atoms with E-state index in [4.69, 9.17) is 42.6 Å². The summed E-state index contributed by atoms with van der Waals surface area (Å²) in [7, 11) is 5.18. The number of fused-ring (bicyclic) bond motifs is 9. The first-order valence-corrected chi connectivity index (χ1v) is 23.0. The fourth-order valence-corrected chi connectivity index (χ4v) is 12.6. The van der Waals surface area contributed by atoms with Crippen LogP contribution < -0.4 is 38.5 Å². The highest BCUT2D eigenvalue weighted by Crippen LogP contribution is 2.65. The fourth-order valence-electron chi connectivity index (χ4n) is 10.9. The molecule has 2 saturated heterocycles. The van der Waals surface area contributed by atoms with Crippen LogP contribution in [0.5, 0.6) is 40.2 Å². The van der Waals surface area contributed by atoms with Crippen molar-refractivity contribution >= 4 is 29.9 Å². The fraction of sp³-hybridized carbons (Fsp3) is 0.542. The number of carbonyl (C=O) groups excluding carboxylic acids is 3. The SMILES string of the molecule is COc1cc2c(cc1OC(=O)OC(C)(C)C)CCN[C@]21CS[C@@H]2c3c(OC(C)=O)c(C)c4c(c3[C@@H](COC1=O)N1C2[C@H]2c3c(cc(C)c(OC)c3OC(C)C)C[C@@H]([C@@H]1C#N)N2C)OCO4. The van der Waals surface area contributed by atoms with Crippen LogP contribution in [0.3, 0.4) is 0 Å². The zero-order valence-corrected chi connectivity index (χ0v) is 39.5. The second kappa shape index (κ2) is 16.5. The topological polar surface area (TPSA) is 177 Å². The second-order valence-corrected chi connectivity index (χ2v) is 19.9. The number of piperazine rings is 1. The van der Waals surface area contributed by atoms with Crippen molar-refractivity contribution in [3.63, 3.8) is 0 Å². The highest BCUT2D eigenvalue weighted by atomic mass is 32.2. The van der Waals surface area contributed by atoms with Gasteiger partial charge in [0.25, 0.3) is 0 Å². The highest BCUT2D eigenvalue weighted by Gasteiger charge is 2.62. The summed E-state index contributed by atoms with van der Waals surface area (Å²) in [5.74, 6) is 1.99. The maximum atomic E-state index is 15.2. The van der Waals surface area contributed by atoms with Crippen LogP contribution in [-0.4, -0.2) is 105 Å². The Kier molecular flexibility index (Phi) is 11.4. The minimum Gasteiger partial charge on any atom is -0.493 e. The molecular formula is C48H56N4O12S. The van der Waals surface area contributed by atoms with Gasteiger partial charge in [-0.05, 0) is 103 Å². The zero-order valence-electron chi connectivity index (χ0n) is 38.7. The van der Waals surface area contributed by atoms with E-state index < -0.39 is 58.7 Å². The third-order valence-corrected chi connectivity index (χ3v) is 14.8. The average molecular weight is 913 g/mol. The van der Waals surface area contributed by atoms with Crippen LogP contribution in [-0.2, 0) is 37.4 Å². The Labute approximate surface area is 383 Å². The summed E-state index contributed by atoms with van der Waals surface area (Å²) in [6, 6.07) is 5.69. The number of ether oxygens (including phenoxy) is 9. The summed E-state index contributed by atoms with van der Waals surface area (Å²) in [5, 5.41) is 14.4. The van der Waals surface area contributed by atoms with Gasteiger partial charge in [0.05, 0.1) is 43.7 Å². The minimum atomic E-state index is -1.43. The second-order valence-electron chi connectivity index (χ2n) is 18.8. The molecule has 17 heteroatoms. The lowest BCUT2D eigenvalue weighted by Crippen LogP contribution is -2.69. The van der Waals surface area contributed by atoms with Crippen molar-refractivity contribution in [2.24, 2.45) is 0 Å². The molecular weight excluding hydrogens is 857 g/mol. The summed E-state index contributed by atoms with van der Waals surface area (Å²) in [6.07, 6.45) is -0.0260. The van der Waals surface area contributed by atoms with E-state index in [0.717, 1.165) is 22.3 Å². The molecule has 7 aliphatic heterocycles. The Morgan fingerprint density at radius 3 is 2.40 bits per heavy atom. The molecule has 1 N–H and O–H groups in total. The van der Waals surface area contributed by atoms with Gasteiger partial charge in [-0.1, -0.05) is 6.07 Å². The van der Waals surface area contributed by atoms with E-state index in [1.165, 1.54) is 25.8 Å². The number of likely N-dealkylation sites (N-methyl/N-ethyl adjacent to an activating group) is 1. The number of methoxy groups -OCH3 is 2. The molecule has 0 saturated carbocycles. The van der Waals surface area contributed by atoms with Crippen LogP contribution in [0, 0.1) is 25.2 Å². The van der Waals surface area contributed by atoms with Crippen LogP contribution >= 0.6 is 11.8 Å². The maximum absolute atomic E-state index is 15.2. The molecule has 0 aliphatic carbocycles. The van der Waals surface area contributed by atoms with E-state index in [1.807, 2.05) is 27.7 Å². The largest absolute Gasteiger partial charge is 0.514 e. The molecule has 1 unspecified atom stereocenters. The molecule has 7 aliphatic rings. The van der Waals surface area contributed by atoms with Crippen molar-refractivity contribution in [1.29, 1.82) is 5.26 Å². The lowest BCUT2D eigenvalue weighted by Gasteiger charge is -2.62. The Balaban J connectivity index is 1.28. The van der Waals surface area contributed by atoms with Gasteiger partial charge in [0.1, 0.15) is 24.0 Å². The molecule has 346 valence electrons. The standard InChI is InChI=1S/C48H56N4O12S/c1-22(2)61-43-34-27(14-23(3)39(43)57-11)15-29-30(18-49)52-31-19-58-45(54)48(28-17-32(56-10)33(16-26(28)12-13-50-48)63-46(55)64-47(6,7)8)20-65-44(38(52)37(34)51(29)9)36-35(31)42-41(59-21-60-42)24(4)40(36)62-25(5)53/h14,16-17,22,29-31,37-38,44,50H,12-13,15,19-21H2,1-11H3/t29-,30-,31+,37+,38?,44+,48+/m0/s1. The number of aryl methyl sites for hydroxylation is 1. The van der Waals surface area contributed by atoms with Crippen molar-refractivity contribution in [3.8, 4) is 46.3 Å². The van der Waals surface area contributed by atoms with Gasteiger partial charge in [0.2, 0.25) is 6.79 Å². The summed E-state index contributed by atoms with van der Waals surface area (Å²) >= 11 is 1.51. The number of benzene rings is 3. The molecule has 0 aromatic heterocycles. The summed E-state index contributed by atoms with van der Waals surface area (Å²) in [5.41, 5.74) is 4.05. The number of thioether (sulfide) groups is 1. The van der Waals surface area contributed by atoms with Gasteiger partial charge in [-0.25, -0.2) is 9.59 Å². The van der Waals surface area contributed by atoms with Crippen LogP contribution in [0.1, 0.15) is 103 Å². The Hall–Kier alpha value is -5.41. The van der Waals surface area contributed by atoms with Crippen molar-refractivity contribution in [1.82, 2.24) is 15.1 Å². The van der Waals surface area contributed by atoms with Gasteiger partial charge in [-0.15, -0.1) is 11.8 Å². The molecule has 16 nitrogen and oxygen atoms in total. The highest BCUT2D eigenvalue weighted by molar-refractivity contribution is 7.99. The van der Waals surface area contributed by atoms with E-state index in [2.05, 4.69) is 34.3 Å². The third kappa shape index (κ3) is 7.19. The third-order valence-electron chi connectivity index (χ3n) is 13.3. The van der Waals surface area contributed by atoms with Gasteiger partial charge in [-0.2, -0.15) is 5.26 Å². The average Bonchev–Trinajstić information content (AvgIpc) is 3.73.